The van der Waals surface area contributed by atoms with Crippen molar-refractivity contribution in [2.24, 2.45) is 40.7 Å². The average molecular weight is 287 g/mol. The number of fused-ring (bicyclic) bond motifs is 5. The van der Waals surface area contributed by atoms with Crippen molar-refractivity contribution in [2.45, 2.75) is 33.1 Å². The van der Waals surface area contributed by atoms with Crippen molar-refractivity contribution in [2.75, 3.05) is 20.1 Å². The van der Waals surface area contributed by atoms with Crippen LogP contribution >= 0.6 is 12.4 Å². The lowest BCUT2D eigenvalue weighted by atomic mass is 9.93. The summed E-state index contributed by atoms with van der Waals surface area (Å²) in [5.74, 6) is 4.02. The third-order valence-corrected chi connectivity index (χ3v) is 5.61. The molecule has 2 bridgehead atoms. The first-order chi connectivity index (χ1) is 8.44. The smallest absolute Gasteiger partial charge is 0.226 e. The van der Waals surface area contributed by atoms with Crippen LogP contribution in [-0.2, 0) is 4.79 Å². The minimum absolute atomic E-state index is 0. The molecule has 4 unspecified atom stereocenters. The van der Waals surface area contributed by atoms with E-state index in [1.54, 1.807) is 0 Å². The van der Waals surface area contributed by atoms with Crippen molar-refractivity contribution in [1.29, 1.82) is 0 Å². The number of hydrogen-bond acceptors (Lipinski definition) is 2. The highest BCUT2D eigenvalue weighted by Gasteiger charge is 2.67. The molecule has 3 aliphatic carbocycles. The lowest BCUT2D eigenvalue weighted by molar-refractivity contribution is -0.133. The maximum absolute atomic E-state index is 12.5. The summed E-state index contributed by atoms with van der Waals surface area (Å²) in [6.45, 7) is 5.68. The molecule has 0 aromatic rings. The minimum atomic E-state index is 0. The maximum atomic E-state index is 12.5. The summed E-state index contributed by atoms with van der Waals surface area (Å²) in [4.78, 5) is 14.5. The Kier molecular flexibility index (Phi) is 3.92. The first kappa shape index (κ1) is 15.1. The molecule has 110 valence electrons. The highest BCUT2D eigenvalue weighted by atomic mass is 35.5. The van der Waals surface area contributed by atoms with E-state index in [0.29, 0.717) is 18.4 Å². The summed E-state index contributed by atoms with van der Waals surface area (Å²) in [5.41, 5.74) is 5.79. The van der Waals surface area contributed by atoms with Crippen LogP contribution in [0.5, 0.6) is 0 Å². The largest absolute Gasteiger partial charge is 0.345 e. The van der Waals surface area contributed by atoms with Gasteiger partial charge in [-0.1, -0.05) is 13.8 Å². The van der Waals surface area contributed by atoms with Gasteiger partial charge >= 0.3 is 0 Å². The number of rotatable bonds is 4. The van der Waals surface area contributed by atoms with Gasteiger partial charge in [-0.15, -0.1) is 12.4 Å². The molecule has 2 N–H and O–H groups in total. The van der Waals surface area contributed by atoms with Gasteiger partial charge in [-0.2, -0.15) is 0 Å². The zero-order valence-corrected chi connectivity index (χ0v) is 13.1. The van der Waals surface area contributed by atoms with E-state index < -0.39 is 0 Å². The number of carbonyl (C=O) groups excluding carboxylic acids is 1. The molecule has 3 rings (SSSR count). The van der Waals surface area contributed by atoms with Crippen molar-refractivity contribution in [3.8, 4) is 0 Å². The van der Waals surface area contributed by atoms with E-state index in [4.69, 9.17) is 5.73 Å². The highest BCUT2D eigenvalue weighted by Crippen LogP contribution is 2.69. The summed E-state index contributed by atoms with van der Waals surface area (Å²) < 4.78 is 0. The Morgan fingerprint density at radius 3 is 2.26 bits per heavy atom. The van der Waals surface area contributed by atoms with Crippen LogP contribution in [0.3, 0.4) is 0 Å². The molecule has 0 aliphatic heterocycles. The Bertz CT molecular complexity index is 355. The summed E-state index contributed by atoms with van der Waals surface area (Å²) >= 11 is 0. The maximum Gasteiger partial charge on any atom is 0.226 e. The van der Waals surface area contributed by atoms with Crippen molar-refractivity contribution >= 4 is 18.3 Å². The number of hydrogen-bond donors (Lipinski definition) is 1. The van der Waals surface area contributed by atoms with Gasteiger partial charge in [-0.05, 0) is 54.9 Å². The Balaban J connectivity index is 0.00000133. The van der Waals surface area contributed by atoms with Gasteiger partial charge in [0.15, 0.2) is 0 Å². The molecule has 0 spiro atoms. The van der Waals surface area contributed by atoms with Gasteiger partial charge in [0.05, 0.1) is 0 Å². The second-order valence-electron chi connectivity index (χ2n) is 7.58. The number of nitrogens with zero attached hydrogens (tertiary/aromatic N) is 1. The predicted octanol–water partition coefficient (Wildman–Crippen LogP) is 2.14. The van der Waals surface area contributed by atoms with E-state index in [9.17, 15) is 4.79 Å². The van der Waals surface area contributed by atoms with Crippen molar-refractivity contribution in [3.05, 3.63) is 0 Å². The lowest BCUT2D eigenvalue weighted by Gasteiger charge is -2.29. The van der Waals surface area contributed by atoms with Gasteiger partial charge in [-0.3, -0.25) is 4.79 Å². The van der Waals surface area contributed by atoms with E-state index in [1.807, 2.05) is 11.9 Å². The molecule has 0 saturated heterocycles. The molecule has 19 heavy (non-hydrogen) atoms. The average Bonchev–Trinajstić information content (AvgIpc) is 2.75. The third kappa shape index (κ3) is 2.40. The normalized spacial score (nSPS) is 38.6. The van der Waals surface area contributed by atoms with Gasteiger partial charge in [0.2, 0.25) is 5.91 Å². The van der Waals surface area contributed by atoms with Crippen LogP contribution in [0.2, 0.25) is 0 Å². The number of carbonyl (C=O) groups is 1. The zero-order chi connectivity index (χ0) is 13.1. The standard InChI is InChI=1S/C15H26N2O.ClH/c1-15(2,7-16)8-17(3)14(18)13-11-9-4-5-10(6-9)12(11)13;/h9-13H,4-8,16H2,1-3H3;1H. The second kappa shape index (κ2) is 4.92. The molecule has 3 saturated carbocycles. The summed E-state index contributed by atoms with van der Waals surface area (Å²) in [5, 5.41) is 0. The molecular formula is C15H27ClN2O. The molecule has 0 aromatic heterocycles. The predicted molar refractivity (Wildman–Crippen MR) is 79.0 cm³/mol. The zero-order valence-electron chi connectivity index (χ0n) is 12.3. The van der Waals surface area contributed by atoms with E-state index in [0.717, 1.165) is 30.2 Å². The van der Waals surface area contributed by atoms with E-state index in [-0.39, 0.29) is 17.8 Å². The van der Waals surface area contributed by atoms with Crippen LogP contribution < -0.4 is 5.73 Å². The molecule has 1 amide bonds. The quantitative estimate of drug-likeness (QED) is 0.861. The van der Waals surface area contributed by atoms with E-state index in [2.05, 4.69) is 13.8 Å². The van der Waals surface area contributed by atoms with Crippen molar-refractivity contribution in [3.63, 3.8) is 0 Å². The Labute approximate surface area is 122 Å². The van der Waals surface area contributed by atoms with Crippen LogP contribution in [0.15, 0.2) is 0 Å². The fourth-order valence-corrected chi connectivity index (χ4v) is 4.69. The summed E-state index contributed by atoms with van der Waals surface area (Å²) in [7, 11) is 1.95. The Hall–Kier alpha value is -0.280. The number of halogens is 1. The van der Waals surface area contributed by atoms with Gasteiger partial charge in [0.25, 0.3) is 0 Å². The molecule has 3 nitrogen and oxygen atoms in total. The minimum Gasteiger partial charge on any atom is -0.345 e. The monoisotopic (exact) mass is 286 g/mol. The van der Waals surface area contributed by atoms with Gasteiger partial charge in [-0.25, -0.2) is 0 Å². The Morgan fingerprint density at radius 1 is 1.26 bits per heavy atom. The first-order valence-corrected chi connectivity index (χ1v) is 7.39. The fraction of sp³-hybridized carbons (Fsp3) is 0.933. The van der Waals surface area contributed by atoms with E-state index >= 15 is 0 Å². The second-order valence-corrected chi connectivity index (χ2v) is 7.58. The lowest BCUT2D eigenvalue weighted by Crippen LogP contribution is -2.41. The van der Waals surface area contributed by atoms with Crippen LogP contribution in [0, 0.1) is 35.0 Å². The van der Waals surface area contributed by atoms with Crippen LogP contribution in [0.4, 0.5) is 0 Å². The molecule has 3 aliphatic rings. The molecule has 3 fully saturated rings. The van der Waals surface area contributed by atoms with Gasteiger partial charge in [0.1, 0.15) is 0 Å². The molecular weight excluding hydrogens is 260 g/mol. The SMILES string of the molecule is CN(CC(C)(C)CN)C(=O)C1C2C3CCC(C3)C12.Cl. The van der Waals surface area contributed by atoms with Gasteiger partial charge in [0, 0.05) is 19.5 Å². The molecule has 0 aromatic carbocycles. The molecule has 0 radical (unpaired) electrons. The van der Waals surface area contributed by atoms with Gasteiger partial charge < -0.3 is 10.6 Å². The van der Waals surface area contributed by atoms with Crippen LogP contribution in [-0.4, -0.2) is 30.9 Å². The highest BCUT2D eigenvalue weighted by molar-refractivity contribution is 5.85. The van der Waals surface area contributed by atoms with Crippen molar-refractivity contribution in [1.82, 2.24) is 4.90 Å². The van der Waals surface area contributed by atoms with E-state index in [1.165, 1.54) is 19.3 Å². The van der Waals surface area contributed by atoms with Crippen LogP contribution in [0.1, 0.15) is 33.1 Å². The molecule has 4 heteroatoms. The Morgan fingerprint density at radius 2 is 1.79 bits per heavy atom. The van der Waals surface area contributed by atoms with Crippen LogP contribution in [0.25, 0.3) is 0 Å². The third-order valence-electron chi connectivity index (χ3n) is 5.61. The molecule has 0 heterocycles. The topological polar surface area (TPSA) is 46.3 Å². The number of amides is 1. The fourth-order valence-electron chi connectivity index (χ4n) is 4.69. The summed E-state index contributed by atoms with van der Waals surface area (Å²) in [6.07, 6.45) is 4.18. The molecule has 4 atom stereocenters. The first-order valence-electron chi connectivity index (χ1n) is 7.39. The number of nitrogens with two attached hydrogens (primary N) is 1. The van der Waals surface area contributed by atoms with Crippen molar-refractivity contribution < 1.29 is 4.79 Å². The summed E-state index contributed by atoms with van der Waals surface area (Å²) in [6, 6.07) is 0.